The number of aromatic hydroxyl groups is 1. The lowest BCUT2D eigenvalue weighted by atomic mass is 10.1. The van der Waals surface area contributed by atoms with E-state index >= 15 is 0 Å². The second-order valence-electron chi connectivity index (χ2n) is 5.99. The van der Waals surface area contributed by atoms with E-state index in [1.54, 1.807) is 47.2 Å². The van der Waals surface area contributed by atoms with E-state index in [0.29, 0.717) is 5.69 Å². The normalized spacial score (nSPS) is 11.7. The van der Waals surface area contributed by atoms with E-state index < -0.39 is 17.6 Å². The predicted octanol–water partition coefficient (Wildman–Crippen LogP) is 3.89. The fraction of sp³-hybridized carbons (Fsp3) is 0.100. The van der Waals surface area contributed by atoms with Crippen molar-refractivity contribution in [2.24, 2.45) is 5.10 Å². The van der Waals surface area contributed by atoms with Crippen LogP contribution in [0.2, 0.25) is 0 Å². The maximum atomic E-state index is 12.7. The highest BCUT2D eigenvalue weighted by atomic mass is 19.4. The Labute approximate surface area is 158 Å². The highest BCUT2D eigenvalue weighted by molar-refractivity contribution is 5.82. The third-order valence-corrected chi connectivity index (χ3v) is 3.91. The van der Waals surface area contributed by atoms with E-state index in [2.05, 4.69) is 10.5 Å². The summed E-state index contributed by atoms with van der Waals surface area (Å²) in [7, 11) is 0. The SMILES string of the molecule is O=C(Cc1cccc(C(F)(F)F)c1)N/N=C/c1cccn1-c1ccc(O)cc1. The number of nitrogens with zero attached hydrogens (tertiary/aromatic N) is 2. The molecule has 0 fully saturated rings. The zero-order chi connectivity index (χ0) is 20.1. The topological polar surface area (TPSA) is 66.6 Å². The largest absolute Gasteiger partial charge is 0.508 e. The van der Waals surface area contributed by atoms with Gasteiger partial charge in [-0.2, -0.15) is 18.3 Å². The number of phenols is 1. The van der Waals surface area contributed by atoms with Crippen LogP contribution in [0.4, 0.5) is 13.2 Å². The summed E-state index contributed by atoms with van der Waals surface area (Å²) in [5, 5.41) is 13.2. The van der Waals surface area contributed by atoms with Crippen LogP contribution >= 0.6 is 0 Å². The highest BCUT2D eigenvalue weighted by Crippen LogP contribution is 2.29. The molecule has 2 aromatic carbocycles. The summed E-state index contributed by atoms with van der Waals surface area (Å²) in [5.74, 6) is -0.383. The first kappa shape index (κ1) is 19.2. The maximum absolute atomic E-state index is 12.7. The molecule has 0 unspecified atom stereocenters. The van der Waals surface area contributed by atoms with E-state index in [-0.39, 0.29) is 17.7 Å². The molecule has 3 rings (SSSR count). The van der Waals surface area contributed by atoms with Gasteiger partial charge in [-0.3, -0.25) is 4.79 Å². The van der Waals surface area contributed by atoms with Gasteiger partial charge in [0.1, 0.15) is 5.75 Å². The smallest absolute Gasteiger partial charge is 0.416 e. The van der Waals surface area contributed by atoms with Crippen molar-refractivity contribution in [2.75, 3.05) is 0 Å². The summed E-state index contributed by atoms with van der Waals surface area (Å²) in [6.45, 7) is 0. The quantitative estimate of drug-likeness (QED) is 0.515. The van der Waals surface area contributed by atoms with Crippen molar-refractivity contribution in [2.45, 2.75) is 12.6 Å². The van der Waals surface area contributed by atoms with Crippen LogP contribution in [0.25, 0.3) is 5.69 Å². The van der Waals surface area contributed by atoms with Crippen LogP contribution in [0.15, 0.2) is 72.0 Å². The number of benzene rings is 2. The predicted molar refractivity (Wildman–Crippen MR) is 98.3 cm³/mol. The minimum Gasteiger partial charge on any atom is -0.508 e. The van der Waals surface area contributed by atoms with Gasteiger partial charge in [0.2, 0.25) is 5.91 Å². The summed E-state index contributed by atoms with van der Waals surface area (Å²) < 4.78 is 40.0. The third-order valence-electron chi connectivity index (χ3n) is 3.91. The van der Waals surface area contributed by atoms with Gasteiger partial charge in [0.15, 0.2) is 0 Å². The Morgan fingerprint density at radius 2 is 1.86 bits per heavy atom. The summed E-state index contributed by atoms with van der Waals surface area (Å²) in [4.78, 5) is 12.0. The number of hydrogen-bond donors (Lipinski definition) is 2. The number of hydrogen-bond acceptors (Lipinski definition) is 3. The fourth-order valence-corrected chi connectivity index (χ4v) is 2.60. The molecule has 144 valence electrons. The van der Waals surface area contributed by atoms with Crippen molar-refractivity contribution in [1.29, 1.82) is 0 Å². The molecule has 0 spiro atoms. The van der Waals surface area contributed by atoms with Gasteiger partial charge < -0.3 is 9.67 Å². The second kappa shape index (κ2) is 7.99. The molecule has 0 aliphatic heterocycles. The molecule has 1 aromatic heterocycles. The Morgan fingerprint density at radius 3 is 2.57 bits per heavy atom. The first-order valence-electron chi connectivity index (χ1n) is 8.28. The Morgan fingerprint density at radius 1 is 1.11 bits per heavy atom. The Bertz CT molecular complexity index is 992. The van der Waals surface area contributed by atoms with Crippen LogP contribution in [0.5, 0.6) is 5.75 Å². The fourth-order valence-electron chi connectivity index (χ4n) is 2.60. The van der Waals surface area contributed by atoms with Crippen molar-refractivity contribution in [3.05, 3.63) is 83.7 Å². The molecule has 2 N–H and O–H groups in total. The first-order chi connectivity index (χ1) is 13.3. The van der Waals surface area contributed by atoms with E-state index in [9.17, 15) is 23.1 Å². The van der Waals surface area contributed by atoms with Gasteiger partial charge in [-0.15, -0.1) is 0 Å². The lowest BCUT2D eigenvalue weighted by Gasteiger charge is -2.08. The van der Waals surface area contributed by atoms with Crippen LogP contribution in [0.3, 0.4) is 0 Å². The van der Waals surface area contributed by atoms with Gasteiger partial charge in [0.05, 0.1) is 23.9 Å². The lowest BCUT2D eigenvalue weighted by molar-refractivity contribution is -0.137. The molecule has 0 saturated carbocycles. The van der Waals surface area contributed by atoms with Crippen molar-refractivity contribution in [3.63, 3.8) is 0 Å². The Hall–Kier alpha value is -3.55. The molecular formula is C20H16F3N3O2. The molecule has 1 amide bonds. The number of carbonyl (C=O) groups is 1. The summed E-state index contributed by atoms with van der Waals surface area (Å²) in [6, 6.07) is 14.7. The van der Waals surface area contributed by atoms with Crippen LogP contribution in [-0.4, -0.2) is 21.8 Å². The molecule has 3 aromatic rings. The van der Waals surface area contributed by atoms with Gasteiger partial charge in [-0.1, -0.05) is 18.2 Å². The Kier molecular flexibility index (Phi) is 5.49. The van der Waals surface area contributed by atoms with E-state index in [1.165, 1.54) is 18.3 Å². The number of alkyl halides is 3. The zero-order valence-corrected chi connectivity index (χ0v) is 14.5. The zero-order valence-electron chi connectivity index (χ0n) is 14.5. The van der Waals surface area contributed by atoms with Crippen molar-refractivity contribution in [3.8, 4) is 11.4 Å². The number of rotatable bonds is 5. The van der Waals surface area contributed by atoms with Gasteiger partial charge in [0.25, 0.3) is 0 Å². The molecule has 0 aliphatic rings. The molecule has 28 heavy (non-hydrogen) atoms. The number of hydrazone groups is 1. The van der Waals surface area contributed by atoms with Crippen molar-refractivity contribution < 1.29 is 23.1 Å². The van der Waals surface area contributed by atoms with Crippen molar-refractivity contribution >= 4 is 12.1 Å². The van der Waals surface area contributed by atoms with E-state index in [4.69, 9.17) is 0 Å². The molecule has 0 atom stereocenters. The van der Waals surface area contributed by atoms with Gasteiger partial charge in [0, 0.05) is 11.9 Å². The Balaban J connectivity index is 1.64. The van der Waals surface area contributed by atoms with Crippen molar-refractivity contribution in [1.82, 2.24) is 9.99 Å². The molecule has 8 heteroatoms. The number of halogens is 3. The number of phenolic OH excluding ortho intramolecular Hbond substituents is 1. The van der Waals surface area contributed by atoms with Crippen LogP contribution < -0.4 is 5.43 Å². The molecular weight excluding hydrogens is 371 g/mol. The summed E-state index contributed by atoms with van der Waals surface area (Å²) in [6.07, 6.45) is -1.46. The molecule has 5 nitrogen and oxygen atoms in total. The number of nitrogens with one attached hydrogen (secondary N) is 1. The molecule has 0 saturated heterocycles. The lowest BCUT2D eigenvalue weighted by Crippen LogP contribution is -2.20. The summed E-state index contributed by atoms with van der Waals surface area (Å²) >= 11 is 0. The van der Waals surface area contributed by atoms with Gasteiger partial charge in [-0.05, 0) is 48.0 Å². The van der Waals surface area contributed by atoms with E-state index in [0.717, 1.165) is 17.8 Å². The molecule has 0 radical (unpaired) electrons. The molecule has 0 aliphatic carbocycles. The maximum Gasteiger partial charge on any atom is 0.416 e. The standard InChI is InChI=1S/C20H16F3N3O2/c21-20(22,23)15-4-1-3-14(11-15)12-19(28)25-24-13-17-5-2-10-26(17)16-6-8-18(27)9-7-16/h1-11,13,27H,12H2,(H,25,28)/b24-13+. The summed E-state index contributed by atoms with van der Waals surface area (Å²) in [5.41, 5.74) is 3.22. The minimum absolute atomic E-state index is 0.146. The highest BCUT2D eigenvalue weighted by Gasteiger charge is 2.30. The third kappa shape index (κ3) is 4.79. The number of aromatic nitrogens is 1. The van der Waals surface area contributed by atoms with Crippen LogP contribution in [-0.2, 0) is 17.4 Å². The van der Waals surface area contributed by atoms with Crippen LogP contribution in [0.1, 0.15) is 16.8 Å². The monoisotopic (exact) mass is 387 g/mol. The van der Waals surface area contributed by atoms with Crippen LogP contribution in [0, 0.1) is 0 Å². The number of amides is 1. The second-order valence-corrected chi connectivity index (χ2v) is 5.99. The molecule has 0 bridgehead atoms. The van der Waals surface area contributed by atoms with Gasteiger partial charge >= 0.3 is 6.18 Å². The first-order valence-corrected chi connectivity index (χ1v) is 8.28. The average Bonchev–Trinajstić information content (AvgIpc) is 3.10. The number of carbonyl (C=O) groups excluding carboxylic acids is 1. The molecule has 1 heterocycles. The average molecular weight is 387 g/mol. The van der Waals surface area contributed by atoms with E-state index in [1.807, 2.05) is 0 Å². The minimum atomic E-state index is -4.45. The van der Waals surface area contributed by atoms with Gasteiger partial charge in [-0.25, -0.2) is 5.43 Å².